The van der Waals surface area contributed by atoms with Crippen molar-refractivity contribution in [3.8, 4) is 12.3 Å². The topological polar surface area (TPSA) is 38.8 Å². The molecule has 3 atom stereocenters. The van der Waals surface area contributed by atoms with Crippen molar-refractivity contribution in [2.75, 3.05) is 20.4 Å². The molecule has 0 unspecified atom stereocenters. The highest BCUT2D eigenvalue weighted by molar-refractivity contribution is 7.84. The van der Waals surface area contributed by atoms with Gasteiger partial charge < -0.3 is 9.47 Å². The molecule has 0 spiro atoms. The van der Waals surface area contributed by atoms with E-state index in [0.29, 0.717) is 0 Å². The maximum Gasteiger partial charge on any atom is 0.148 e. The first-order chi connectivity index (χ1) is 8.91. The summed E-state index contributed by atoms with van der Waals surface area (Å²) in [6, 6.07) is 0.00829. The van der Waals surface area contributed by atoms with Crippen LogP contribution in [0.3, 0.4) is 0 Å². The van der Waals surface area contributed by atoms with Crippen LogP contribution >= 0.6 is 0 Å². The molecule has 0 N–H and O–H groups in total. The van der Waals surface area contributed by atoms with Gasteiger partial charge in [0.25, 0.3) is 0 Å². The minimum atomic E-state index is -1.06. The standard InChI is InChI=1S/C14H25NO3S/c1-6-13(18-11-17-5)12-9-7-8-10-15(12)19(16)14(2,3)4/h1,12-13H,7-11H2,2-5H3/t12-,13-,19+/m1/s1. The van der Waals surface area contributed by atoms with Gasteiger partial charge in [0.05, 0.1) is 10.8 Å². The SMILES string of the molecule is C#C[C@@H](OCOC)[C@H]1CCCCN1[S@@](=O)C(C)(C)C. The molecule has 0 aromatic carbocycles. The predicted octanol–water partition coefficient (Wildman–Crippen LogP) is 1.93. The third-order valence-electron chi connectivity index (χ3n) is 3.11. The quantitative estimate of drug-likeness (QED) is 0.573. The summed E-state index contributed by atoms with van der Waals surface area (Å²) in [5.41, 5.74) is 0. The third kappa shape index (κ3) is 4.57. The number of hydrogen-bond donors (Lipinski definition) is 0. The number of methoxy groups -OCH3 is 1. The first kappa shape index (κ1) is 16.6. The van der Waals surface area contributed by atoms with Crippen LogP contribution in [-0.2, 0) is 20.5 Å². The fraction of sp³-hybridized carbons (Fsp3) is 0.857. The molecule has 1 rings (SSSR count). The molecule has 0 aromatic rings. The fourth-order valence-corrected chi connectivity index (χ4v) is 3.66. The number of ether oxygens (including phenoxy) is 2. The summed E-state index contributed by atoms with van der Waals surface area (Å²) in [5.74, 6) is 2.66. The van der Waals surface area contributed by atoms with Crippen molar-refractivity contribution in [2.24, 2.45) is 0 Å². The van der Waals surface area contributed by atoms with Crippen LogP contribution in [0, 0.1) is 12.3 Å². The van der Waals surface area contributed by atoms with Gasteiger partial charge in [-0.15, -0.1) is 6.42 Å². The summed E-state index contributed by atoms with van der Waals surface area (Å²) in [6.07, 6.45) is 8.26. The van der Waals surface area contributed by atoms with E-state index < -0.39 is 11.0 Å². The van der Waals surface area contributed by atoms with Crippen LogP contribution in [0.1, 0.15) is 40.0 Å². The number of hydrogen-bond acceptors (Lipinski definition) is 3. The molecule has 4 nitrogen and oxygen atoms in total. The molecule has 1 saturated heterocycles. The Morgan fingerprint density at radius 1 is 1.47 bits per heavy atom. The van der Waals surface area contributed by atoms with Gasteiger partial charge in [0, 0.05) is 13.7 Å². The average Bonchev–Trinajstić information content (AvgIpc) is 2.38. The molecule has 1 aliphatic rings. The van der Waals surface area contributed by atoms with Crippen LogP contribution in [0.2, 0.25) is 0 Å². The van der Waals surface area contributed by atoms with Crippen LogP contribution in [0.25, 0.3) is 0 Å². The van der Waals surface area contributed by atoms with Crippen molar-refractivity contribution < 1.29 is 13.7 Å². The first-order valence-electron chi connectivity index (χ1n) is 6.67. The van der Waals surface area contributed by atoms with Gasteiger partial charge in [-0.2, -0.15) is 0 Å². The fourth-order valence-electron chi connectivity index (χ4n) is 2.20. The van der Waals surface area contributed by atoms with Crippen LogP contribution in [0.4, 0.5) is 0 Å². The molecule has 0 bridgehead atoms. The minimum Gasteiger partial charge on any atom is -0.359 e. The lowest BCUT2D eigenvalue weighted by Crippen LogP contribution is -2.51. The minimum absolute atomic E-state index is 0.00829. The number of piperidine rings is 1. The van der Waals surface area contributed by atoms with E-state index in [2.05, 4.69) is 5.92 Å². The van der Waals surface area contributed by atoms with Gasteiger partial charge in [-0.1, -0.05) is 12.3 Å². The summed E-state index contributed by atoms with van der Waals surface area (Å²) >= 11 is 0. The van der Waals surface area contributed by atoms with Gasteiger partial charge in [-0.05, 0) is 33.6 Å². The normalized spacial score (nSPS) is 24.7. The van der Waals surface area contributed by atoms with E-state index in [1.54, 1.807) is 7.11 Å². The smallest absolute Gasteiger partial charge is 0.148 e. The molecule has 5 heteroatoms. The molecule has 1 aliphatic heterocycles. The molecule has 19 heavy (non-hydrogen) atoms. The Kier molecular flexibility index (Phi) is 6.48. The van der Waals surface area contributed by atoms with Crippen LogP contribution in [-0.4, -0.2) is 45.9 Å². The monoisotopic (exact) mass is 287 g/mol. The Balaban J connectivity index is 2.82. The highest BCUT2D eigenvalue weighted by atomic mass is 32.2. The van der Waals surface area contributed by atoms with Gasteiger partial charge in [0.1, 0.15) is 23.9 Å². The van der Waals surface area contributed by atoms with E-state index in [1.807, 2.05) is 25.1 Å². The highest BCUT2D eigenvalue weighted by Gasteiger charge is 2.37. The zero-order valence-corrected chi connectivity index (χ0v) is 13.2. The van der Waals surface area contributed by atoms with Crippen molar-refractivity contribution >= 4 is 11.0 Å². The second-order valence-electron chi connectivity index (χ2n) is 5.73. The molecule has 0 amide bonds. The summed E-state index contributed by atoms with van der Waals surface area (Å²) in [7, 11) is 0.504. The van der Waals surface area contributed by atoms with Crippen molar-refractivity contribution in [3.05, 3.63) is 0 Å². The zero-order chi connectivity index (χ0) is 14.5. The Hall–Kier alpha value is -0.410. The molecule has 0 radical (unpaired) electrons. The summed E-state index contributed by atoms with van der Waals surface area (Å²) < 4.78 is 24.8. The van der Waals surface area contributed by atoms with Crippen molar-refractivity contribution in [3.63, 3.8) is 0 Å². The second kappa shape index (κ2) is 7.39. The summed E-state index contributed by atoms with van der Waals surface area (Å²) in [5, 5.41) is 0. The molecule has 0 aliphatic carbocycles. The van der Waals surface area contributed by atoms with E-state index in [9.17, 15) is 4.21 Å². The largest absolute Gasteiger partial charge is 0.359 e. The van der Waals surface area contributed by atoms with E-state index >= 15 is 0 Å². The molecular formula is C14H25NO3S. The summed E-state index contributed by atoms with van der Waals surface area (Å²) in [6.45, 7) is 6.92. The van der Waals surface area contributed by atoms with Crippen LogP contribution < -0.4 is 0 Å². The van der Waals surface area contributed by atoms with Crippen molar-refractivity contribution in [1.29, 1.82) is 0 Å². The van der Waals surface area contributed by atoms with Crippen LogP contribution in [0.5, 0.6) is 0 Å². The highest BCUT2D eigenvalue weighted by Crippen LogP contribution is 2.27. The number of rotatable bonds is 5. The zero-order valence-electron chi connectivity index (χ0n) is 12.3. The average molecular weight is 287 g/mol. The number of nitrogens with zero attached hydrogens (tertiary/aromatic N) is 1. The van der Waals surface area contributed by atoms with Gasteiger partial charge in [-0.25, -0.2) is 8.51 Å². The maximum absolute atomic E-state index is 12.6. The molecule has 1 fully saturated rings. The van der Waals surface area contributed by atoms with Crippen LogP contribution in [0.15, 0.2) is 0 Å². The molecule has 110 valence electrons. The molecule has 0 aromatic heterocycles. The lowest BCUT2D eigenvalue weighted by atomic mass is 10.0. The Morgan fingerprint density at radius 3 is 2.68 bits per heavy atom. The van der Waals surface area contributed by atoms with Crippen molar-refractivity contribution in [1.82, 2.24) is 4.31 Å². The lowest BCUT2D eigenvalue weighted by molar-refractivity contribution is -0.0734. The molecule has 0 saturated carbocycles. The van der Waals surface area contributed by atoms with E-state index in [1.165, 1.54) is 0 Å². The molecular weight excluding hydrogens is 262 g/mol. The van der Waals surface area contributed by atoms with Gasteiger partial charge in [0.15, 0.2) is 0 Å². The van der Waals surface area contributed by atoms with Gasteiger partial charge >= 0.3 is 0 Å². The third-order valence-corrected chi connectivity index (χ3v) is 5.04. The maximum atomic E-state index is 12.6. The molecule has 1 heterocycles. The van der Waals surface area contributed by atoms with Crippen molar-refractivity contribution in [2.45, 2.75) is 56.9 Å². The summed E-state index contributed by atoms with van der Waals surface area (Å²) in [4.78, 5) is 0. The number of terminal acetylenes is 1. The van der Waals surface area contributed by atoms with Gasteiger partial charge in [0.2, 0.25) is 0 Å². The van der Waals surface area contributed by atoms with E-state index in [4.69, 9.17) is 15.9 Å². The Bertz CT molecular complexity index is 346. The Labute approximate surface area is 119 Å². The lowest BCUT2D eigenvalue weighted by Gasteiger charge is -2.40. The second-order valence-corrected chi connectivity index (χ2v) is 7.92. The Morgan fingerprint density at radius 2 is 2.16 bits per heavy atom. The van der Waals surface area contributed by atoms with E-state index in [-0.39, 0.29) is 23.7 Å². The van der Waals surface area contributed by atoms with Gasteiger partial charge in [-0.3, -0.25) is 0 Å². The van der Waals surface area contributed by atoms with E-state index in [0.717, 1.165) is 25.8 Å². The predicted molar refractivity (Wildman–Crippen MR) is 77.8 cm³/mol. The first-order valence-corrected chi connectivity index (χ1v) is 7.77.